The minimum atomic E-state index is -0.463. The van der Waals surface area contributed by atoms with Crippen LogP contribution in [0.3, 0.4) is 0 Å². The Kier molecular flexibility index (Phi) is 4.92. The van der Waals surface area contributed by atoms with E-state index < -0.39 is 5.82 Å². The van der Waals surface area contributed by atoms with Gasteiger partial charge in [-0.05, 0) is 47.6 Å². The van der Waals surface area contributed by atoms with Crippen LogP contribution in [0.4, 0.5) is 4.39 Å². The number of benzene rings is 3. The number of ether oxygens (including phenoxy) is 1. The summed E-state index contributed by atoms with van der Waals surface area (Å²) in [6.07, 6.45) is 0. The van der Waals surface area contributed by atoms with E-state index in [0.29, 0.717) is 20.6 Å². The van der Waals surface area contributed by atoms with Crippen LogP contribution in [0.5, 0.6) is 5.75 Å². The Morgan fingerprint density at radius 1 is 1.03 bits per heavy atom. The molecule has 0 fully saturated rings. The van der Waals surface area contributed by atoms with E-state index in [1.165, 1.54) is 24.5 Å². The van der Waals surface area contributed by atoms with Gasteiger partial charge in [0.2, 0.25) is 0 Å². The first-order valence-corrected chi connectivity index (χ1v) is 10.9. The quantitative estimate of drug-likeness (QED) is 0.321. The molecule has 0 amide bonds. The Bertz CT molecular complexity index is 1550. The molecule has 0 atom stereocenters. The average Bonchev–Trinajstić information content (AvgIpc) is 3.14. The molecule has 3 aromatic carbocycles. The van der Waals surface area contributed by atoms with Gasteiger partial charge in [-0.1, -0.05) is 48.5 Å². The molecule has 0 spiro atoms. The Hall–Kier alpha value is -3.29. The van der Waals surface area contributed by atoms with Crippen molar-refractivity contribution >= 4 is 40.1 Å². The maximum Gasteiger partial charge on any atom is 0.261 e. The number of aromatic nitrogens is 2. The lowest BCUT2D eigenvalue weighted by Gasteiger charge is -2.14. The van der Waals surface area contributed by atoms with Crippen LogP contribution in [-0.4, -0.2) is 16.1 Å². The average molecular weight is 449 g/mol. The van der Waals surface area contributed by atoms with Gasteiger partial charge in [0.25, 0.3) is 5.56 Å². The van der Waals surface area contributed by atoms with Gasteiger partial charge in [-0.3, -0.25) is 13.8 Å². The van der Waals surface area contributed by atoms with Crippen molar-refractivity contribution in [2.75, 3.05) is 7.11 Å². The Balaban J connectivity index is 1.86. The molecule has 0 aliphatic rings. The monoisotopic (exact) mass is 448 g/mol. The molecule has 5 aromatic rings. The summed E-state index contributed by atoms with van der Waals surface area (Å²) < 4.78 is 23.6. The smallest absolute Gasteiger partial charge is 0.261 e. The summed E-state index contributed by atoms with van der Waals surface area (Å²) in [6, 6.07) is 22.0. The van der Waals surface area contributed by atoms with Crippen LogP contribution in [0.15, 0.2) is 77.6 Å². The molecular formula is C24H17FN2O2S2. The maximum absolute atomic E-state index is 14.3. The second-order valence-electron chi connectivity index (χ2n) is 7.10. The number of nitrogens with zero attached hydrogens (tertiary/aromatic N) is 2. The Labute approximate surface area is 186 Å². The molecule has 0 N–H and O–H groups in total. The van der Waals surface area contributed by atoms with Crippen molar-refractivity contribution in [3.05, 3.63) is 98.5 Å². The molecule has 0 bridgehead atoms. The predicted molar refractivity (Wildman–Crippen MR) is 125 cm³/mol. The molecular weight excluding hydrogens is 431 g/mol. The fourth-order valence-corrected chi connectivity index (χ4v) is 5.26. The van der Waals surface area contributed by atoms with E-state index in [-0.39, 0.29) is 17.9 Å². The summed E-state index contributed by atoms with van der Waals surface area (Å²) in [7, 11) is 1.43. The van der Waals surface area contributed by atoms with Crippen LogP contribution >= 0.6 is 23.6 Å². The van der Waals surface area contributed by atoms with Gasteiger partial charge >= 0.3 is 0 Å². The van der Waals surface area contributed by atoms with Crippen LogP contribution < -0.4 is 10.3 Å². The molecule has 0 saturated heterocycles. The number of hydrogen-bond donors (Lipinski definition) is 0. The van der Waals surface area contributed by atoms with Crippen molar-refractivity contribution in [3.63, 3.8) is 0 Å². The van der Waals surface area contributed by atoms with Crippen molar-refractivity contribution in [3.8, 4) is 16.2 Å². The van der Waals surface area contributed by atoms with Gasteiger partial charge in [-0.2, -0.15) is 0 Å². The van der Waals surface area contributed by atoms with Gasteiger partial charge in [0.1, 0.15) is 5.65 Å². The van der Waals surface area contributed by atoms with E-state index in [4.69, 9.17) is 17.0 Å². The summed E-state index contributed by atoms with van der Waals surface area (Å²) >= 11 is 7.17. The van der Waals surface area contributed by atoms with Gasteiger partial charge in [0.05, 0.1) is 29.4 Å². The first kappa shape index (κ1) is 19.7. The van der Waals surface area contributed by atoms with Crippen LogP contribution in [-0.2, 0) is 6.54 Å². The van der Waals surface area contributed by atoms with E-state index in [1.54, 1.807) is 22.8 Å². The summed E-state index contributed by atoms with van der Waals surface area (Å²) in [5, 5.41) is 0.567. The van der Waals surface area contributed by atoms with E-state index in [9.17, 15) is 9.18 Å². The predicted octanol–water partition coefficient (Wildman–Crippen LogP) is 5.91. The number of hydrogen-bond acceptors (Lipinski definition) is 4. The third kappa shape index (κ3) is 3.26. The van der Waals surface area contributed by atoms with Crippen molar-refractivity contribution in [1.29, 1.82) is 0 Å². The summed E-state index contributed by atoms with van der Waals surface area (Å²) in [6.45, 7) is 0.208. The molecule has 154 valence electrons. The largest absolute Gasteiger partial charge is 0.494 e. The highest BCUT2D eigenvalue weighted by atomic mass is 32.1. The van der Waals surface area contributed by atoms with Crippen molar-refractivity contribution in [2.24, 2.45) is 0 Å². The van der Waals surface area contributed by atoms with Gasteiger partial charge < -0.3 is 4.74 Å². The summed E-state index contributed by atoms with van der Waals surface area (Å²) in [5.74, 6) is -0.294. The van der Waals surface area contributed by atoms with Crippen LogP contribution in [0.1, 0.15) is 5.56 Å². The zero-order valence-electron chi connectivity index (χ0n) is 16.5. The highest BCUT2D eigenvalue weighted by Crippen LogP contribution is 2.33. The second-order valence-corrected chi connectivity index (χ2v) is 8.74. The van der Waals surface area contributed by atoms with E-state index in [1.807, 2.05) is 52.9 Å². The number of para-hydroxylation sites is 1. The lowest BCUT2D eigenvalue weighted by atomic mass is 10.1. The SMILES string of the molecule is COc1ccc(Cn2c(=O)c3ccccc3n3c(=S)sc(-c4ccccc4)c23)cc1F. The molecule has 0 aliphatic heterocycles. The van der Waals surface area contributed by atoms with E-state index in [2.05, 4.69) is 0 Å². The summed E-state index contributed by atoms with van der Waals surface area (Å²) in [5.41, 5.74) is 2.97. The van der Waals surface area contributed by atoms with Gasteiger partial charge in [0.15, 0.2) is 15.5 Å². The minimum absolute atomic E-state index is 0.142. The molecule has 0 aliphatic carbocycles. The van der Waals surface area contributed by atoms with E-state index in [0.717, 1.165) is 16.0 Å². The number of fused-ring (bicyclic) bond motifs is 3. The topological polar surface area (TPSA) is 35.6 Å². The van der Waals surface area contributed by atoms with E-state index >= 15 is 0 Å². The molecule has 31 heavy (non-hydrogen) atoms. The zero-order chi connectivity index (χ0) is 21.5. The standard InChI is InChI=1S/C24H17FN2O2S2/c1-29-20-12-11-15(13-18(20)25)14-26-22-21(16-7-3-2-4-8-16)31-24(30)27(22)19-10-6-5-9-17(19)23(26)28/h2-13H,14H2,1H3. The minimum Gasteiger partial charge on any atom is -0.494 e. The molecule has 2 heterocycles. The fourth-order valence-electron chi connectivity index (χ4n) is 3.83. The molecule has 2 aromatic heterocycles. The normalized spacial score (nSPS) is 11.3. The first-order chi connectivity index (χ1) is 15.1. The van der Waals surface area contributed by atoms with Crippen LogP contribution in [0, 0.1) is 9.77 Å². The molecule has 4 nitrogen and oxygen atoms in total. The second kappa shape index (κ2) is 7.76. The molecule has 7 heteroatoms. The Morgan fingerprint density at radius 2 is 1.77 bits per heavy atom. The van der Waals surface area contributed by atoms with Crippen molar-refractivity contribution in [1.82, 2.24) is 8.97 Å². The lowest BCUT2D eigenvalue weighted by Crippen LogP contribution is -2.23. The van der Waals surface area contributed by atoms with Crippen LogP contribution in [0.25, 0.3) is 27.0 Å². The summed E-state index contributed by atoms with van der Waals surface area (Å²) in [4.78, 5) is 14.5. The third-order valence-corrected chi connectivity index (χ3v) is 6.67. The van der Waals surface area contributed by atoms with Crippen LogP contribution in [0.2, 0.25) is 0 Å². The van der Waals surface area contributed by atoms with Gasteiger partial charge in [-0.25, -0.2) is 4.39 Å². The molecule has 0 saturated carbocycles. The van der Waals surface area contributed by atoms with Gasteiger partial charge in [0, 0.05) is 0 Å². The van der Waals surface area contributed by atoms with Crippen molar-refractivity contribution < 1.29 is 9.13 Å². The third-order valence-electron chi connectivity index (χ3n) is 5.26. The maximum atomic E-state index is 14.3. The zero-order valence-corrected chi connectivity index (χ0v) is 18.2. The molecule has 0 radical (unpaired) electrons. The first-order valence-electron chi connectivity index (χ1n) is 9.63. The fraction of sp³-hybridized carbons (Fsp3) is 0.0833. The Morgan fingerprint density at radius 3 is 2.52 bits per heavy atom. The molecule has 0 unspecified atom stereocenters. The number of methoxy groups -OCH3 is 1. The highest BCUT2D eigenvalue weighted by molar-refractivity contribution is 7.73. The van der Waals surface area contributed by atoms with Gasteiger partial charge in [-0.15, -0.1) is 11.3 Å². The highest BCUT2D eigenvalue weighted by Gasteiger charge is 2.18. The molecule has 5 rings (SSSR count). The lowest BCUT2D eigenvalue weighted by molar-refractivity contribution is 0.386. The number of rotatable bonds is 4. The number of halogens is 1. The number of thiazole rings is 1. The van der Waals surface area contributed by atoms with Crippen molar-refractivity contribution in [2.45, 2.75) is 6.54 Å².